The summed E-state index contributed by atoms with van der Waals surface area (Å²) in [4.78, 5) is 0.240. The van der Waals surface area contributed by atoms with Gasteiger partial charge in [0.2, 0.25) is 10.0 Å². The van der Waals surface area contributed by atoms with Gasteiger partial charge in [0.25, 0.3) is 0 Å². The maximum atomic E-state index is 12.4. The average Bonchev–Trinajstić information content (AvgIpc) is 2.82. The second-order valence-electron chi connectivity index (χ2n) is 4.57. The molecule has 0 saturated heterocycles. The monoisotopic (exact) mass is 294 g/mol. The fourth-order valence-electron chi connectivity index (χ4n) is 1.93. The normalized spacial score (nSPS) is 11.7. The highest BCUT2D eigenvalue weighted by Gasteiger charge is 2.18. The number of rotatable bonds is 5. The fourth-order valence-corrected chi connectivity index (χ4v) is 3.29. The van der Waals surface area contributed by atoms with Gasteiger partial charge in [0.05, 0.1) is 11.1 Å². The Labute approximate surface area is 118 Å². The summed E-state index contributed by atoms with van der Waals surface area (Å²) < 4.78 is 28.9. The number of sulfonamides is 1. The number of aromatic nitrogens is 2. The molecule has 7 heteroatoms. The van der Waals surface area contributed by atoms with Crippen LogP contribution in [0.15, 0.2) is 35.5 Å². The van der Waals surface area contributed by atoms with Crippen LogP contribution in [0, 0.1) is 0 Å². The largest absolute Gasteiger partial charge is 0.399 e. The lowest BCUT2D eigenvalue weighted by molar-refractivity contribution is 0.580. The molecule has 108 valence electrons. The summed E-state index contributed by atoms with van der Waals surface area (Å²) in [7, 11) is -1.80. The van der Waals surface area contributed by atoms with Gasteiger partial charge in [0, 0.05) is 31.0 Å². The molecule has 1 aromatic carbocycles. The van der Waals surface area contributed by atoms with E-state index in [4.69, 9.17) is 5.73 Å². The van der Waals surface area contributed by atoms with E-state index in [1.807, 2.05) is 6.92 Å². The Morgan fingerprint density at radius 3 is 2.75 bits per heavy atom. The van der Waals surface area contributed by atoms with E-state index in [2.05, 4.69) is 9.82 Å². The number of aryl methyl sites for hydroxylation is 2. The van der Waals surface area contributed by atoms with Crippen molar-refractivity contribution in [2.45, 2.75) is 24.8 Å². The number of nitrogens with zero attached hydrogens (tertiary/aromatic N) is 2. The molecule has 0 aliphatic carbocycles. The van der Waals surface area contributed by atoms with Gasteiger partial charge in [-0.25, -0.2) is 13.1 Å². The van der Waals surface area contributed by atoms with Gasteiger partial charge in [-0.15, -0.1) is 0 Å². The molecule has 0 spiro atoms. The van der Waals surface area contributed by atoms with Crippen molar-refractivity contribution in [1.82, 2.24) is 14.5 Å². The zero-order valence-electron chi connectivity index (χ0n) is 11.5. The van der Waals surface area contributed by atoms with Crippen LogP contribution in [0.2, 0.25) is 0 Å². The number of anilines is 1. The van der Waals surface area contributed by atoms with Crippen LogP contribution < -0.4 is 10.5 Å². The molecule has 0 atom stereocenters. The number of hydrogen-bond donors (Lipinski definition) is 2. The summed E-state index contributed by atoms with van der Waals surface area (Å²) >= 11 is 0. The van der Waals surface area contributed by atoms with Gasteiger partial charge in [-0.05, 0) is 24.1 Å². The van der Waals surface area contributed by atoms with Gasteiger partial charge in [0.15, 0.2) is 0 Å². The van der Waals surface area contributed by atoms with Crippen molar-refractivity contribution in [3.8, 4) is 0 Å². The van der Waals surface area contributed by atoms with Gasteiger partial charge in [-0.2, -0.15) is 5.10 Å². The lowest BCUT2D eigenvalue weighted by Crippen LogP contribution is -2.24. The highest BCUT2D eigenvalue weighted by atomic mass is 32.2. The molecule has 0 bridgehead atoms. The molecule has 3 N–H and O–H groups in total. The van der Waals surface area contributed by atoms with E-state index in [0.717, 1.165) is 11.1 Å². The number of nitrogens with one attached hydrogen (secondary N) is 1. The fraction of sp³-hybridized carbons (Fsp3) is 0.308. The molecular formula is C13H18N4O2S. The first-order chi connectivity index (χ1) is 9.42. The quantitative estimate of drug-likeness (QED) is 0.806. The number of nitrogen functional groups attached to an aromatic ring is 1. The molecule has 0 amide bonds. The molecule has 0 radical (unpaired) electrons. The summed E-state index contributed by atoms with van der Waals surface area (Å²) in [6.07, 6.45) is 4.02. The molecule has 0 aliphatic rings. The smallest absolute Gasteiger partial charge is 0.241 e. The SMILES string of the molecule is CCc1ccc(N)cc1S(=O)(=O)NCc1cnn(C)c1. The van der Waals surface area contributed by atoms with Crippen molar-refractivity contribution < 1.29 is 8.42 Å². The zero-order valence-corrected chi connectivity index (χ0v) is 12.3. The van der Waals surface area contributed by atoms with E-state index in [9.17, 15) is 8.42 Å². The highest BCUT2D eigenvalue weighted by Crippen LogP contribution is 2.19. The number of benzene rings is 1. The van der Waals surface area contributed by atoms with Crippen molar-refractivity contribution in [3.05, 3.63) is 41.7 Å². The minimum atomic E-state index is -3.58. The molecule has 0 aliphatic heterocycles. The van der Waals surface area contributed by atoms with E-state index in [-0.39, 0.29) is 11.4 Å². The third-order valence-corrected chi connectivity index (χ3v) is 4.47. The van der Waals surface area contributed by atoms with E-state index in [1.54, 1.807) is 36.3 Å². The van der Waals surface area contributed by atoms with Gasteiger partial charge in [0.1, 0.15) is 0 Å². The second-order valence-corrected chi connectivity index (χ2v) is 6.30. The van der Waals surface area contributed by atoms with Crippen LogP contribution in [-0.4, -0.2) is 18.2 Å². The maximum absolute atomic E-state index is 12.4. The van der Waals surface area contributed by atoms with Crippen molar-refractivity contribution in [2.75, 3.05) is 5.73 Å². The summed E-state index contributed by atoms with van der Waals surface area (Å²) in [6.45, 7) is 2.11. The van der Waals surface area contributed by atoms with Crippen LogP contribution in [0.25, 0.3) is 0 Å². The summed E-state index contributed by atoms with van der Waals surface area (Å²) in [5.74, 6) is 0. The predicted molar refractivity (Wildman–Crippen MR) is 77.5 cm³/mol. The second kappa shape index (κ2) is 5.64. The molecule has 0 fully saturated rings. The van der Waals surface area contributed by atoms with Gasteiger partial charge in [-0.1, -0.05) is 13.0 Å². The van der Waals surface area contributed by atoms with Gasteiger partial charge in [-0.3, -0.25) is 4.68 Å². The molecule has 2 aromatic rings. The Morgan fingerprint density at radius 2 is 2.15 bits per heavy atom. The molecule has 20 heavy (non-hydrogen) atoms. The predicted octanol–water partition coefficient (Wildman–Crippen LogP) is 1.04. The van der Waals surface area contributed by atoms with Gasteiger partial charge >= 0.3 is 0 Å². The molecular weight excluding hydrogens is 276 g/mol. The molecule has 2 rings (SSSR count). The third kappa shape index (κ3) is 3.17. The Hall–Kier alpha value is -1.86. The Kier molecular flexibility index (Phi) is 4.10. The number of nitrogens with two attached hydrogens (primary N) is 1. The summed E-state index contributed by atoms with van der Waals surface area (Å²) in [5.41, 5.74) is 7.67. The Morgan fingerprint density at radius 1 is 1.40 bits per heavy atom. The van der Waals surface area contributed by atoms with Crippen LogP contribution in [0.4, 0.5) is 5.69 Å². The van der Waals surface area contributed by atoms with Crippen LogP contribution in [-0.2, 0) is 30.0 Å². The Balaban J connectivity index is 2.24. The van der Waals surface area contributed by atoms with Crippen LogP contribution in [0.5, 0.6) is 0 Å². The van der Waals surface area contributed by atoms with E-state index in [0.29, 0.717) is 12.1 Å². The highest BCUT2D eigenvalue weighted by molar-refractivity contribution is 7.89. The van der Waals surface area contributed by atoms with Gasteiger partial charge < -0.3 is 5.73 Å². The standard InChI is InChI=1S/C13H18N4O2S/c1-3-11-4-5-12(14)6-13(11)20(18,19)16-8-10-7-15-17(2)9-10/h4-7,9,16H,3,8,14H2,1-2H3. The lowest BCUT2D eigenvalue weighted by atomic mass is 10.1. The molecule has 6 nitrogen and oxygen atoms in total. The molecule has 1 aromatic heterocycles. The number of hydrogen-bond acceptors (Lipinski definition) is 4. The van der Waals surface area contributed by atoms with Crippen LogP contribution in [0.1, 0.15) is 18.1 Å². The van der Waals surface area contributed by atoms with Crippen molar-refractivity contribution >= 4 is 15.7 Å². The third-order valence-electron chi connectivity index (χ3n) is 2.99. The average molecular weight is 294 g/mol. The van der Waals surface area contributed by atoms with E-state index in [1.165, 1.54) is 6.07 Å². The zero-order chi connectivity index (χ0) is 14.8. The van der Waals surface area contributed by atoms with Crippen molar-refractivity contribution in [2.24, 2.45) is 7.05 Å². The van der Waals surface area contributed by atoms with Crippen molar-refractivity contribution in [1.29, 1.82) is 0 Å². The minimum Gasteiger partial charge on any atom is -0.399 e. The minimum absolute atomic E-state index is 0.203. The van der Waals surface area contributed by atoms with Crippen molar-refractivity contribution in [3.63, 3.8) is 0 Å². The van der Waals surface area contributed by atoms with E-state index >= 15 is 0 Å². The molecule has 1 heterocycles. The first kappa shape index (κ1) is 14.5. The summed E-state index contributed by atoms with van der Waals surface area (Å²) in [5, 5.41) is 4.00. The first-order valence-corrected chi connectivity index (χ1v) is 7.76. The Bertz CT molecular complexity index is 707. The van der Waals surface area contributed by atoms with Crippen LogP contribution in [0.3, 0.4) is 0 Å². The molecule has 0 unspecified atom stereocenters. The van der Waals surface area contributed by atoms with E-state index < -0.39 is 10.0 Å². The van der Waals surface area contributed by atoms with Crippen LogP contribution >= 0.6 is 0 Å². The topological polar surface area (TPSA) is 90.0 Å². The first-order valence-electron chi connectivity index (χ1n) is 6.28. The lowest BCUT2D eigenvalue weighted by Gasteiger charge is -2.10. The molecule has 0 saturated carbocycles. The maximum Gasteiger partial charge on any atom is 0.241 e. The summed E-state index contributed by atoms with van der Waals surface area (Å²) in [6, 6.07) is 4.94.